The van der Waals surface area contributed by atoms with Gasteiger partial charge in [-0.05, 0) is 80.1 Å². The number of carbonyl (C=O) groups excluding carboxylic acids is 2. The van der Waals surface area contributed by atoms with E-state index in [2.05, 4.69) is 13.8 Å². The molecule has 3 nitrogen and oxygen atoms in total. The highest BCUT2D eigenvalue weighted by atomic mass is 16.6. The van der Waals surface area contributed by atoms with Crippen LogP contribution in [0.25, 0.3) is 0 Å². The van der Waals surface area contributed by atoms with E-state index in [9.17, 15) is 9.59 Å². The number of esters is 1. The van der Waals surface area contributed by atoms with Gasteiger partial charge in [0.1, 0.15) is 5.60 Å². The summed E-state index contributed by atoms with van der Waals surface area (Å²) in [4.78, 5) is 24.2. The van der Waals surface area contributed by atoms with Gasteiger partial charge in [-0.2, -0.15) is 0 Å². The summed E-state index contributed by atoms with van der Waals surface area (Å²) >= 11 is 0. The quantitative estimate of drug-likeness (QED) is 0.630. The Balaban J connectivity index is 1.41. The third-order valence-corrected chi connectivity index (χ3v) is 10.1. The molecule has 3 heteroatoms. The van der Waals surface area contributed by atoms with Gasteiger partial charge in [0.05, 0.1) is 0 Å². The van der Waals surface area contributed by atoms with Gasteiger partial charge in [0, 0.05) is 24.2 Å². The van der Waals surface area contributed by atoms with Gasteiger partial charge in [-0.15, -0.1) is 0 Å². The first-order chi connectivity index (χ1) is 13.0. The summed E-state index contributed by atoms with van der Waals surface area (Å²) in [6.45, 7) is 4.84. The Hall–Kier alpha value is -1.12. The number of ketones is 1. The van der Waals surface area contributed by atoms with Gasteiger partial charge >= 0.3 is 5.97 Å². The van der Waals surface area contributed by atoms with Crippen LogP contribution in [0.5, 0.6) is 0 Å². The Kier molecular flexibility index (Phi) is 3.28. The number of carbonyl (C=O) groups is 2. The van der Waals surface area contributed by atoms with E-state index in [0.717, 1.165) is 49.4 Å². The van der Waals surface area contributed by atoms with Crippen molar-refractivity contribution >= 4 is 11.8 Å². The summed E-state index contributed by atoms with van der Waals surface area (Å²) in [7, 11) is 0. The Morgan fingerprint density at radius 1 is 1.15 bits per heavy atom. The minimum atomic E-state index is -0.138. The van der Waals surface area contributed by atoms with E-state index in [4.69, 9.17) is 4.74 Å². The molecule has 0 amide bonds. The normalized spacial score (nSPS) is 55.3. The van der Waals surface area contributed by atoms with Crippen molar-refractivity contribution in [1.29, 1.82) is 0 Å². The minimum absolute atomic E-state index is 0.0522. The van der Waals surface area contributed by atoms with E-state index in [-0.39, 0.29) is 17.0 Å². The Morgan fingerprint density at radius 2 is 2.00 bits per heavy atom. The molecule has 0 bridgehead atoms. The van der Waals surface area contributed by atoms with Crippen molar-refractivity contribution in [2.75, 3.05) is 0 Å². The fraction of sp³-hybridized carbons (Fsp3) is 0.833. The summed E-state index contributed by atoms with van der Waals surface area (Å²) in [5.41, 5.74) is 1.53. The van der Waals surface area contributed by atoms with Crippen LogP contribution in [-0.4, -0.2) is 17.4 Å². The van der Waals surface area contributed by atoms with E-state index in [1.807, 2.05) is 6.08 Å². The number of fused-ring (bicyclic) bond motifs is 9. The first-order valence-electron chi connectivity index (χ1n) is 11.4. The molecule has 146 valence electrons. The van der Waals surface area contributed by atoms with Crippen LogP contribution in [-0.2, 0) is 14.3 Å². The molecule has 27 heavy (non-hydrogen) atoms. The van der Waals surface area contributed by atoms with E-state index >= 15 is 0 Å². The van der Waals surface area contributed by atoms with Crippen LogP contribution < -0.4 is 0 Å². The second kappa shape index (κ2) is 5.27. The van der Waals surface area contributed by atoms with E-state index in [1.54, 1.807) is 0 Å². The van der Waals surface area contributed by atoms with Crippen LogP contribution in [0.1, 0.15) is 71.6 Å². The monoisotopic (exact) mass is 368 g/mol. The van der Waals surface area contributed by atoms with Crippen molar-refractivity contribution < 1.29 is 14.3 Å². The maximum atomic E-state index is 12.1. The van der Waals surface area contributed by atoms with Crippen molar-refractivity contribution in [2.45, 2.75) is 77.2 Å². The fourth-order valence-electron chi connectivity index (χ4n) is 9.13. The van der Waals surface area contributed by atoms with Gasteiger partial charge in [-0.1, -0.05) is 25.8 Å². The molecule has 0 aromatic rings. The zero-order valence-corrected chi connectivity index (χ0v) is 16.7. The molecular formula is C24H32O3. The van der Waals surface area contributed by atoms with Crippen molar-refractivity contribution in [2.24, 2.45) is 46.8 Å². The predicted molar refractivity (Wildman–Crippen MR) is 102 cm³/mol. The lowest BCUT2D eigenvalue weighted by atomic mass is 9.46. The van der Waals surface area contributed by atoms with Gasteiger partial charge < -0.3 is 4.74 Å². The highest BCUT2D eigenvalue weighted by molar-refractivity contribution is 5.91. The number of allylic oxidation sites excluding steroid dienone is 1. The molecule has 1 spiro atoms. The lowest BCUT2D eigenvalue weighted by Crippen LogP contribution is -2.56. The number of ether oxygens (including phenoxy) is 1. The molecule has 9 atom stereocenters. The molecule has 1 saturated heterocycles. The summed E-state index contributed by atoms with van der Waals surface area (Å²) in [6.07, 6.45) is 11.6. The van der Waals surface area contributed by atoms with Gasteiger partial charge in [0.15, 0.2) is 5.78 Å². The van der Waals surface area contributed by atoms with Crippen LogP contribution in [0.15, 0.2) is 11.6 Å². The molecule has 0 aromatic heterocycles. The molecule has 5 fully saturated rings. The molecule has 1 aliphatic heterocycles. The van der Waals surface area contributed by atoms with Crippen LogP contribution in [0.3, 0.4) is 0 Å². The Bertz CT molecular complexity index is 753. The standard InChI is InChI=1S/C24H32O3/c1-3-13-10-14-11-15(25)4-5-16(14)17-6-8-23(2)22(21(13)17)18-12-19(18)24(23)9-7-20(26)27-24/h11,13,16-19,21-22H,3-10,12H2,1-2H3/t13-,16?,17?,18?,19?,21?,22?,23?,24?/m0/s1. The van der Waals surface area contributed by atoms with Crippen LogP contribution in [0, 0.1) is 46.8 Å². The smallest absolute Gasteiger partial charge is 0.306 e. The second-order valence-electron chi connectivity index (χ2n) is 10.8. The summed E-state index contributed by atoms with van der Waals surface area (Å²) < 4.78 is 6.21. The third-order valence-electron chi connectivity index (χ3n) is 10.1. The molecule has 6 rings (SSSR count). The van der Waals surface area contributed by atoms with Crippen molar-refractivity contribution in [3.05, 3.63) is 11.6 Å². The van der Waals surface area contributed by atoms with Crippen LogP contribution in [0.4, 0.5) is 0 Å². The average molecular weight is 369 g/mol. The molecule has 0 N–H and O–H groups in total. The van der Waals surface area contributed by atoms with Crippen molar-refractivity contribution in [3.63, 3.8) is 0 Å². The number of hydrogen-bond donors (Lipinski definition) is 0. The molecule has 0 aromatic carbocycles. The van der Waals surface area contributed by atoms with Gasteiger partial charge in [0.25, 0.3) is 0 Å². The summed E-state index contributed by atoms with van der Waals surface area (Å²) in [6, 6.07) is 0. The van der Waals surface area contributed by atoms with Crippen LogP contribution in [0.2, 0.25) is 0 Å². The molecule has 5 aliphatic carbocycles. The van der Waals surface area contributed by atoms with Gasteiger partial charge in [0.2, 0.25) is 0 Å². The zero-order valence-electron chi connectivity index (χ0n) is 16.7. The van der Waals surface area contributed by atoms with Crippen molar-refractivity contribution in [1.82, 2.24) is 0 Å². The van der Waals surface area contributed by atoms with Gasteiger partial charge in [-0.25, -0.2) is 0 Å². The first kappa shape index (κ1) is 16.8. The minimum Gasteiger partial charge on any atom is -0.458 e. The molecule has 4 saturated carbocycles. The fourth-order valence-corrected chi connectivity index (χ4v) is 9.13. The summed E-state index contributed by atoms with van der Waals surface area (Å²) in [5.74, 6) is 5.47. The maximum absolute atomic E-state index is 12.1. The molecule has 1 heterocycles. The van der Waals surface area contributed by atoms with E-state index in [0.29, 0.717) is 30.0 Å². The SMILES string of the molecule is CC[C@H]1CC2=CC(=O)CCC2C2CCC3(C)C(C4CC4C34CCC(=O)O4)C21. The summed E-state index contributed by atoms with van der Waals surface area (Å²) in [5, 5.41) is 0. The molecule has 8 unspecified atom stereocenters. The van der Waals surface area contributed by atoms with Crippen molar-refractivity contribution in [3.8, 4) is 0 Å². The highest BCUT2D eigenvalue weighted by Gasteiger charge is 2.79. The highest BCUT2D eigenvalue weighted by Crippen LogP contribution is 2.79. The zero-order chi connectivity index (χ0) is 18.6. The maximum Gasteiger partial charge on any atom is 0.306 e. The van der Waals surface area contributed by atoms with E-state index < -0.39 is 0 Å². The first-order valence-corrected chi connectivity index (χ1v) is 11.4. The number of rotatable bonds is 1. The van der Waals surface area contributed by atoms with Crippen LogP contribution >= 0.6 is 0 Å². The largest absolute Gasteiger partial charge is 0.458 e. The van der Waals surface area contributed by atoms with E-state index in [1.165, 1.54) is 31.3 Å². The molecule has 0 radical (unpaired) electrons. The number of hydrogen-bond acceptors (Lipinski definition) is 3. The molecular weight excluding hydrogens is 336 g/mol. The average Bonchev–Trinajstić information content (AvgIpc) is 3.29. The lowest BCUT2D eigenvalue weighted by molar-refractivity contribution is -0.177. The topological polar surface area (TPSA) is 43.4 Å². The predicted octanol–water partition coefficient (Wildman–Crippen LogP) is 4.70. The second-order valence-corrected chi connectivity index (χ2v) is 10.8. The lowest BCUT2D eigenvalue weighted by Gasteiger charge is -2.59. The Labute approximate surface area is 162 Å². The Morgan fingerprint density at radius 3 is 2.74 bits per heavy atom. The molecule has 6 aliphatic rings. The third kappa shape index (κ3) is 1.94. The van der Waals surface area contributed by atoms with Gasteiger partial charge in [-0.3, -0.25) is 9.59 Å².